The summed E-state index contributed by atoms with van der Waals surface area (Å²) in [6, 6.07) is 1.77. The molecule has 0 aliphatic rings. The molecule has 0 heterocycles. The van der Waals surface area contributed by atoms with Crippen LogP contribution < -0.4 is 10.5 Å². The van der Waals surface area contributed by atoms with Crippen LogP contribution in [-0.4, -0.2) is 20.4 Å². The maximum Gasteiger partial charge on any atom is 0.252 e. The molecule has 0 spiro atoms. The number of aryl methyl sites for hydroxylation is 2. The summed E-state index contributed by atoms with van der Waals surface area (Å²) in [7, 11) is -3.86. The molecule has 0 radical (unpaired) electrons. The van der Waals surface area contributed by atoms with Gasteiger partial charge in [-0.1, -0.05) is 19.9 Å². The van der Waals surface area contributed by atoms with Gasteiger partial charge in [-0.05, 0) is 50.3 Å². The molecule has 118 valence electrons. The van der Waals surface area contributed by atoms with Crippen LogP contribution in [0.2, 0.25) is 0 Å². The molecule has 0 unspecified atom stereocenters. The van der Waals surface area contributed by atoms with Crippen molar-refractivity contribution in [1.82, 2.24) is 5.32 Å². The first kappa shape index (κ1) is 17.7. The molecule has 1 amide bonds. The standard InChI is InChI=1S/C15H24N2O3S/c1-6-12(7-2)17-15(18)13-9(3)8-10(4)14(11(13)5)21(16,19)20/h8,12H,6-7H2,1-5H3,(H,17,18)(H2,16,19,20). The van der Waals surface area contributed by atoms with E-state index in [1.807, 2.05) is 13.8 Å². The first-order valence-corrected chi connectivity index (χ1v) is 8.62. The van der Waals surface area contributed by atoms with Gasteiger partial charge in [0, 0.05) is 11.6 Å². The van der Waals surface area contributed by atoms with Gasteiger partial charge in [0.2, 0.25) is 10.0 Å². The van der Waals surface area contributed by atoms with E-state index >= 15 is 0 Å². The van der Waals surface area contributed by atoms with Crippen LogP contribution in [0.1, 0.15) is 53.7 Å². The van der Waals surface area contributed by atoms with E-state index in [4.69, 9.17) is 5.14 Å². The lowest BCUT2D eigenvalue weighted by Gasteiger charge is -2.19. The highest BCUT2D eigenvalue weighted by Crippen LogP contribution is 2.25. The van der Waals surface area contributed by atoms with E-state index in [0.717, 1.165) is 18.4 Å². The average molecular weight is 312 g/mol. The molecule has 0 aromatic heterocycles. The van der Waals surface area contributed by atoms with Crippen molar-refractivity contribution in [3.05, 3.63) is 28.3 Å². The highest BCUT2D eigenvalue weighted by atomic mass is 32.2. The van der Waals surface area contributed by atoms with Gasteiger partial charge < -0.3 is 5.32 Å². The fourth-order valence-corrected chi connectivity index (χ4v) is 3.74. The molecule has 0 bridgehead atoms. The normalized spacial score (nSPS) is 11.8. The number of carbonyl (C=O) groups excluding carboxylic acids is 1. The van der Waals surface area contributed by atoms with Crippen LogP contribution in [0.4, 0.5) is 0 Å². The van der Waals surface area contributed by atoms with E-state index in [0.29, 0.717) is 16.7 Å². The van der Waals surface area contributed by atoms with Gasteiger partial charge in [-0.3, -0.25) is 4.79 Å². The lowest BCUT2D eigenvalue weighted by Crippen LogP contribution is -2.35. The Morgan fingerprint density at radius 1 is 1.19 bits per heavy atom. The number of sulfonamides is 1. The van der Waals surface area contributed by atoms with Gasteiger partial charge in [-0.15, -0.1) is 0 Å². The summed E-state index contributed by atoms with van der Waals surface area (Å²) < 4.78 is 23.5. The third kappa shape index (κ3) is 3.83. The van der Waals surface area contributed by atoms with Gasteiger partial charge >= 0.3 is 0 Å². The minimum Gasteiger partial charge on any atom is -0.349 e. The van der Waals surface area contributed by atoms with Gasteiger partial charge in [0.25, 0.3) is 5.91 Å². The number of primary sulfonamides is 1. The van der Waals surface area contributed by atoms with Crippen molar-refractivity contribution in [3.63, 3.8) is 0 Å². The smallest absolute Gasteiger partial charge is 0.252 e. The minimum absolute atomic E-state index is 0.0443. The summed E-state index contributed by atoms with van der Waals surface area (Å²) in [5.74, 6) is -0.247. The van der Waals surface area contributed by atoms with E-state index < -0.39 is 10.0 Å². The van der Waals surface area contributed by atoms with Crippen molar-refractivity contribution in [2.24, 2.45) is 5.14 Å². The molecule has 6 heteroatoms. The SMILES string of the molecule is CCC(CC)NC(=O)c1c(C)cc(C)c(S(N)(=O)=O)c1C. The zero-order valence-electron chi connectivity index (χ0n) is 13.3. The third-order valence-electron chi connectivity index (χ3n) is 3.73. The number of nitrogens with one attached hydrogen (secondary N) is 1. The van der Waals surface area contributed by atoms with Crippen LogP contribution in [0.25, 0.3) is 0 Å². The summed E-state index contributed by atoms with van der Waals surface area (Å²) in [6.45, 7) is 9.11. The summed E-state index contributed by atoms with van der Waals surface area (Å²) in [5.41, 5.74) is 2.13. The minimum atomic E-state index is -3.86. The third-order valence-corrected chi connectivity index (χ3v) is 4.93. The van der Waals surface area contributed by atoms with E-state index in [1.54, 1.807) is 26.8 Å². The maximum atomic E-state index is 12.5. The molecular formula is C15H24N2O3S. The molecule has 0 atom stereocenters. The molecule has 3 N–H and O–H groups in total. The average Bonchev–Trinajstić information content (AvgIpc) is 2.33. The predicted octanol–water partition coefficient (Wildman–Crippen LogP) is 2.18. The Bertz CT molecular complexity index is 647. The summed E-state index contributed by atoms with van der Waals surface area (Å²) in [6.07, 6.45) is 1.66. The van der Waals surface area contributed by atoms with Gasteiger partial charge in [-0.2, -0.15) is 0 Å². The summed E-state index contributed by atoms with van der Waals surface area (Å²) in [4.78, 5) is 12.5. The first-order chi connectivity index (χ1) is 9.63. The molecule has 0 aliphatic heterocycles. The maximum absolute atomic E-state index is 12.5. The van der Waals surface area contributed by atoms with Gasteiger partial charge in [-0.25, -0.2) is 13.6 Å². The van der Waals surface area contributed by atoms with Crippen LogP contribution in [0, 0.1) is 20.8 Å². The van der Waals surface area contributed by atoms with Gasteiger partial charge in [0.1, 0.15) is 0 Å². The number of rotatable bonds is 5. The van der Waals surface area contributed by atoms with Crippen LogP contribution >= 0.6 is 0 Å². The second kappa shape index (κ2) is 6.58. The second-order valence-electron chi connectivity index (χ2n) is 5.37. The quantitative estimate of drug-likeness (QED) is 0.873. The van der Waals surface area contributed by atoms with E-state index in [-0.39, 0.29) is 16.8 Å². The molecule has 0 saturated carbocycles. The Kier molecular flexibility index (Phi) is 5.53. The predicted molar refractivity (Wildman–Crippen MR) is 83.9 cm³/mol. The molecule has 21 heavy (non-hydrogen) atoms. The molecule has 1 rings (SSSR count). The number of benzene rings is 1. The highest BCUT2D eigenvalue weighted by Gasteiger charge is 2.23. The molecule has 0 fully saturated rings. The monoisotopic (exact) mass is 312 g/mol. The molecule has 0 aliphatic carbocycles. The number of carbonyl (C=O) groups is 1. The van der Waals surface area contributed by atoms with Gasteiger partial charge in [0.15, 0.2) is 0 Å². The van der Waals surface area contributed by atoms with Crippen LogP contribution in [-0.2, 0) is 10.0 Å². The van der Waals surface area contributed by atoms with Crippen LogP contribution in [0.5, 0.6) is 0 Å². The largest absolute Gasteiger partial charge is 0.349 e. The zero-order chi connectivity index (χ0) is 16.4. The lowest BCUT2D eigenvalue weighted by atomic mass is 9.98. The number of hydrogen-bond donors (Lipinski definition) is 2. The Morgan fingerprint density at radius 3 is 2.14 bits per heavy atom. The van der Waals surface area contributed by atoms with Crippen molar-refractivity contribution < 1.29 is 13.2 Å². The number of hydrogen-bond acceptors (Lipinski definition) is 3. The van der Waals surface area contributed by atoms with E-state index in [9.17, 15) is 13.2 Å². The molecule has 0 saturated heterocycles. The first-order valence-electron chi connectivity index (χ1n) is 7.07. The number of amides is 1. The van der Waals surface area contributed by atoms with E-state index in [2.05, 4.69) is 5.32 Å². The zero-order valence-corrected chi connectivity index (χ0v) is 14.1. The van der Waals surface area contributed by atoms with E-state index in [1.165, 1.54) is 0 Å². The summed E-state index contributed by atoms with van der Waals surface area (Å²) in [5, 5.41) is 8.21. The number of nitrogens with two attached hydrogens (primary N) is 1. The second-order valence-corrected chi connectivity index (χ2v) is 6.87. The van der Waals surface area contributed by atoms with Crippen molar-refractivity contribution in [2.45, 2.75) is 58.4 Å². The molecular weight excluding hydrogens is 288 g/mol. The lowest BCUT2D eigenvalue weighted by molar-refractivity contribution is 0.0933. The fourth-order valence-electron chi connectivity index (χ4n) is 2.71. The van der Waals surface area contributed by atoms with Crippen molar-refractivity contribution >= 4 is 15.9 Å². The summed E-state index contributed by atoms with van der Waals surface area (Å²) >= 11 is 0. The Balaban J connectivity index is 3.41. The van der Waals surface area contributed by atoms with Crippen molar-refractivity contribution in [3.8, 4) is 0 Å². The topological polar surface area (TPSA) is 89.3 Å². The molecule has 5 nitrogen and oxygen atoms in total. The highest BCUT2D eigenvalue weighted by molar-refractivity contribution is 7.89. The molecule has 1 aromatic rings. The van der Waals surface area contributed by atoms with Crippen molar-refractivity contribution in [2.75, 3.05) is 0 Å². The van der Waals surface area contributed by atoms with Crippen LogP contribution in [0.3, 0.4) is 0 Å². The Hall–Kier alpha value is -1.40. The fraction of sp³-hybridized carbons (Fsp3) is 0.533. The van der Waals surface area contributed by atoms with Crippen LogP contribution in [0.15, 0.2) is 11.0 Å². The van der Waals surface area contributed by atoms with Crippen molar-refractivity contribution in [1.29, 1.82) is 0 Å². The van der Waals surface area contributed by atoms with Gasteiger partial charge in [0.05, 0.1) is 4.90 Å². The Morgan fingerprint density at radius 2 is 1.71 bits per heavy atom. The Labute approximate surface area is 127 Å². The molecule has 1 aromatic carbocycles.